The fourth-order valence-electron chi connectivity index (χ4n) is 4.96. The normalized spacial score (nSPS) is 16.9. The van der Waals surface area contributed by atoms with Crippen molar-refractivity contribution in [3.63, 3.8) is 0 Å². The Balaban J connectivity index is 1.55. The number of hydrogen-bond donors (Lipinski definition) is 1. The predicted octanol–water partition coefficient (Wildman–Crippen LogP) is 3.46. The molecule has 0 bridgehead atoms. The Morgan fingerprint density at radius 3 is 2.50 bits per heavy atom. The van der Waals surface area contributed by atoms with E-state index < -0.39 is 17.3 Å². The summed E-state index contributed by atoms with van der Waals surface area (Å²) in [6, 6.07) is 10.7. The van der Waals surface area contributed by atoms with E-state index in [-0.39, 0.29) is 23.3 Å². The number of halogens is 1. The monoisotopic (exact) mass is 492 g/mol. The lowest BCUT2D eigenvalue weighted by Crippen LogP contribution is -2.36. The smallest absolute Gasteiger partial charge is 0.276 e. The molecule has 10 heteroatoms. The van der Waals surface area contributed by atoms with Crippen LogP contribution in [0.1, 0.15) is 30.3 Å². The van der Waals surface area contributed by atoms with Gasteiger partial charge in [-0.25, -0.2) is 4.39 Å². The van der Waals surface area contributed by atoms with Crippen molar-refractivity contribution in [1.82, 2.24) is 9.78 Å². The van der Waals surface area contributed by atoms with E-state index in [0.29, 0.717) is 5.69 Å². The second kappa shape index (κ2) is 9.18. The summed E-state index contributed by atoms with van der Waals surface area (Å²) in [5.41, 5.74) is 3.06. The molecule has 0 saturated carbocycles. The number of aromatic nitrogens is 2. The van der Waals surface area contributed by atoms with Gasteiger partial charge in [-0.3, -0.25) is 9.59 Å². The van der Waals surface area contributed by atoms with Crippen LogP contribution in [0.25, 0.3) is 5.69 Å². The largest absolute Gasteiger partial charge is 0.494 e. The number of nitrogens with one attached hydrogen (secondary N) is 1. The molecular formula is C26H29FN6O3. The molecule has 5 rings (SSSR count). The van der Waals surface area contributed by atoms with Crippen molar-refractivity contribution >= 4 is 28.7 Å². The summed E-state index contributed by atoms with van der Waals surface area (Å²) in [5, 5.41) is 7.18. The average molecular weight is 493 g/mol. The van der Waals surface area contributed by atoms with Gasteiger partial charge in [0.25, 0.3) is 11.5 Å². The van der Waals surface area contributed by atoms with Crippen LogP contribution in [-0.4, -0.2) is 56.1 Å². The van der Waals surface area contributed by atoms with Crippen molar-refractivity contribution in [1.29, 1.82) is 0 Å². The molecule has 0 radical (unpaired) electrons. The molecule has 0 spiro atoms. The summed E-state index contributed by atoms with van der Waals surface area (Å²) >= 11 is 0. The molecule has 2 aromatic carbocycles. The molecule has 3 heterocycles. The van der Waals surface area contributed by atoms with Crippen molar-refractivity contribution in [2.24, 2.45) is 0 Å². The Kier molecular flexibility index (Phi) is 6.03. The molecule has 1 aromatic heterocycles. The van der Waals surface area contributed by atoms with Gasteiger partial charge >= 0.3 is 0 Å². The molecule has 2 aliphatic heterocycles. The summed E-state index contributed by atoms with van der Waals surface area (Å²) in [5.74, 6) is -1.04. The van der Waals surface area contributed by atoms with Gasteiger partial charge in [0.05, 0.1) is 36.0 Å². The third-order valence-corrected chi connectivity index (χ3v) is 7.07. The Morgan fingerprint density at radius 2 is 1.78 bits per heavy atom. The lowest BCUT2D eigenvalue weighted by molar-refractivity contribution is 0.102. The van der Waals surface area contributed by atoms with Crippen molar-refractivity contribution < 1.29 is 13.9 Å². The molecule has 1 N–H and O–H groups in total. The van der Waals surface area contributed by atoms with Gasteiger partial charge in [-0.15, -0.1) is 0 Å². The third kappa shape index (κ3) is 3.82. The maximum atomic E-state index is 14.6. The van der Waals surface area contributed by atoms with Crippen molar-refractivity contribution in [2.45, 2.75) is 25.9 Å². The zero-order valence-corrected chi connectivity index (χ0v) is 20.8. The zero-order valence-electron chi connectivity index (χ0n) is 20.8. The number of benzene rings is 2. The van der Waals surface area contributed by atoms with Crippen LogP contribution < -0.4 is 30.3 Å². The summed E-state index contributed by atoms with van der Waals surface area (Å²) < 4.78 is 20.7. The number of nitrogens with zero attached hydrogens (tertiary/aromatic N) is 5. The second-order valence-corrected chi connectivity index (χ2v) is 9.09. The summed E-state index contributed by atoms with van der Waals surface area (Å²) in [4.78, 5) is 32.6. The molecule has 188 valence electrons. The van der Waals surface area contributed by atoms with Gasteiger partial charge < -0.3 is 24.8 Å². The Hall–Kier alpha value is -4.08. The predicted molar refractivity (Wildman–Crippen MR) is 138 cm³/mol. The minimum Gasteiger partial charge on any atom is -0.494 e. The molecule has 1 unspecified atom stereocenters. The SMILES string of the molecule is COc1cccc(F)c1-n1nc(C(=O)Nc2ccc3c(c2N2CCCC2)N(C)C(C)N3C)ccc1=O. The van der Waals surface area contributed by atoms with Gasteiger partial charge in [-0.05, 0) is 50.1 Å². The van der Waals surface area contributed by atoms with Crippen molar-refractivity contribution in [3.05, 3.63) is 64.3 Å². The maximum absolute atomic E-state index is 14.6. The summed E-state index contributed by atoms with van der Waals surface area (Å²) in [7, 11) is 5.49. The van der Waals surface area contributed by atoms with Gasteiger partial charge in [0.1, 0.15) is 17.1 Å². The fraction of sp³-hybridized carbons (Fsp3) is 0.346. The van der Waals surface area contributed by atoms with Gasteiger partial charge in [0, 0.05) is 33.3 Å². The van der Waals surface area contributed by atoms with Gasteiger partial charge in [0.2, 0.25) is 0 Å². The number of para-hydroxylation sites is 1. The Morgan fingerprint density at radius 1 is 1.03 bits per heavy atom. The molecule has 1 atom stereocenters. The topological polar surface area (TPSA) is 82.9 Å². The number of hydrogen-bond acceptors (Lipinski definition) is 7. The first-order chi connectivity index (χ1) is 17.3. The maximum Gasteiger partial charge on any atom is 0.276 e. The van der Waals surface area contributed by atoms with Crippen LogP contribution in [-0.2, 0) is 0 Å². The quantitative estimate of drug-likeness (QED) is 0.584. The van der Waals surface area contributed by atoms with E-state index in [9.17, 15) is 14.0 Å². The number of methoxy groups -OCH3 is 1. The number of carbonyl (C=O) groups excluding carboxylic acids is 1. The van der Waals surface area contributed by atoms with E-state index in [4.69, 9.17) is 4.74 Å². The molecule has 1 saturated heterocycles. The lowest BCUT2D eigenvalue weighted by atomic mass is 10.1. The molecule has 9 nitrogen and oxygen atoms in total. The van der Waals surface area contributed by atoms with Crippen LogP contribution in [0.3, 0.4) is 0 Å². The van der Waals surface area contributed by atoms with Crippen LogP contribution in [0.15, 0.2) is 47.3 Å². The number of ether oxygens (including phenoxy) is 1. The fourth-order valence-corrected chi connectivity index (χ4v) is 4.96. The number of rotatable bonds is 5. The molecular weight excluding hydrogens is 463 g/mol. The molecule has 0 aliphatic carbocycles. The van der Waals surface area contributed by atoms with Crippen molar-refractivity contribution in [3.8, 4) is 11.4 Å². The molecule has 2 aliphatic rings. The van der Waals surface area contributed by atoms with Crippen LogP contribution in [0.4, 0.5) is 27.1 Å². The number of anilines is 4. The van der Waals surface area contributed by atoms with Crippen LogP contribution in [0, 0.1) is 5.82 Å². The zero-order chi connectivity index (χ0) is 25.6. The second-order valence-electron chi connectivity index (χ2n) is 9.09. The Labute approximate surface area is 208 Å². The molecule has 3 aromatic rings. The summed E-state index contributed by atoms with van der Waals surface area (Å²) in [6.07, 6.45) is 2.35. The van der Waals surface area contributed by atoms with Crippen LogP contribution in [0.5, 0.6) is 5.75 Å². The van der Waals surface area contributed by atoms with Gasteiger partial charge in [-0.1, -0.05) is 6.07 Å². The van der Waals surface area contributed by atoms with Crippen LogP contribution >= 0.6 is 0 Å². The van der Waals surface area contributed by atoms with E-state index >= 15 is 0 Å². The van der Waals surface area contributed by atoms with E-state index in [0.717, 1.165) is 47.7 Å². The Bertz CT molecular complexity index is 1380. The highest BCUT2D eigenvalue weighted by Gasteiger charge is 2.34. The summed E-state index contributed by atoms with van der Waals surface area (Å²) in [6.45, 7) is 3.94. The minimum atomic E-state index is -0.683. The minimum absolute atomic E-state index is 0.0217. The third-order valence-electron chi connectivity index (χ3n) is 7.07. The van der Waals surface area contributed by atoms with Gasteiger partial charge in [-0.2, -0.15) is 9.78 Å². The molecule has 36 heavy (non-hydrogen) atoms. The lowest BCUT2D eigenvalue weighted by Gasteiger charge is -2.28. The van der Waals surface area contributed by atoms with E-state index in [1.807, 2.05) is 12.1 Å². The average Bonchev–Trinajstić information content (AvgIpc) is 3.48. The highest BCUT2D eigenvalue weighted by atomic mass is 19.1. The molecule has 1 fully saturated rings. The first-order valence-corrected chi connectivity index (χ1v) is 11.9. The van der Waals surface area contributed by atoms with Gasteiger partial charge in [0.15, 0.2) is 5.82 Å². The highest BCUT2D eigenvalue weighted by Crippen LogP contribution is 2.49. The number of amides is 1. The van der Waals surface area contributed by atoms with E-state index in [1.165, 1.54) is 37.4 Å². The first-order valence-electron chi connectivity index (χ1n) is 11.9. The van der Waals surface area contributed by atoms with Crippen LogP contribution in [0.2, 0.25) is 0 Å². The number of carbonyl (C=O) groups is 1. The highest BCUT2D eigenvalue weighted by molar-refractivity contribution is 6.07. The van der Waals surface area contributed by atoms with E-state index in [2.05, 4.69) is 46.1 Å². The number of fused-ring (bicyclic) bond motifs is 1. The molecule has 1 amide bonds. The first kappa shape index (κ1) is 23.7. The van der Waals surface area contributed by atoms with E-state index in [1.54, 1.807) is 0 Å². The standard InChI is InChI=1S/C26H29FN6O3/c1-16-30(2)20-12-10-18(24(25(20)31(16)3)32-14-5-6-15-32)28-26(35)19-11-13-22(34)33(29-19)23-17(27)8-7-9-21(23)36-4/h7-13,16H,5-6,14-15H2,1-4H3,(H,28,35). The van der Waals surface area contributed by atoms with Crippen molar-refractivity contribution in [2.75, 3.05) is 54.3 Å².